The number of nitrogens with two attached hydrogens (primary N) is 2. The lowest BCUT2D eigenvalue weighted by Gasteiger charge is -2.11. The molecule has 7 heteroatoms. The molecule has 0 unspecified atom stereocenters. The molecule has 2 heterocycles. The summed E-state index contributed by atoms with van der Waals surface area (Å²) in [5.74, 6) is 0.616. The van der Waals surface area contributed by atoms with Crippen LogP contribution in [0, 0.1) is 0 Å². The summed E-state index contributed by atoms with van der Waals surface area (Å²) in [6, 6.07) is 9.19. The Bertz CT molecular complexity index is 1070. The van der Waals surface area contributed by atoms with Gasteiger partial charge in [0.1, 0.15) is 5.82 Å². The molecule has 0 spiro atoms. The van der Waals surface area contributed by atoms with Gasteiger partial charge in [-0.1, -0.05) is 29.3 Å². The van der Waals surface area contributed by atoms with Crippen LogP contribution in [0.1, 0.15) is 0 Å². The fourth-order valence-corrected chi connectivity index (χ4v) is 3.33. The third kappa shape index (κ3) is 2.17. The smallest absolute Gasteiger partial charge is 0.199 e. The average molecular weight is 344 g/mol. The lowest BCUT2D eigenvalue weighted by atomic mass is 10.00. The molecule has 5 N–H and O–H groups in total. The van der Waals surface area contributed by atoms with Crippen LogP contribution in [0.25, 0.3) is 32.9 Å². The van der Waals surface area contributed by atoms with E-state index in [2.05, 4.69) is 15.0 Å². The van der Waals surface area contributed by atoms with Crippen molar-refractivity contribution in [2.24, 2.45) is 0 Å². The van der Waals surface area contributed by atoms with Gasteiger partial charge in [0.2, 0.25) is 0 Å². The molecule has 0 aliphatic rings. The molecular formula is C16H11Cl2N5. The number of aromatic amines is 1. The number of hydrogen-bond donors (Lipinski definition) is 3. The van der Waals surface area contributed by atoms with Crippen molar-refractivity contribution in [1.29, 1.82) is 0 Å². The van der Waals surface area contributed by atoms with Crippen molar-refractivity contribution in [3.63, 3.8) is 0 Å². The van der Waals surface area contributed by atoms with Gasteiger partial charge >= 0.3 is 0 Å². The third-order valence-corrected chi connectivity index (χ3v) is 4.31. The van der Waals surface area contributed by atoms with Crippen LogP contribution in [0.15, 0.2) is 36.5 Å². The Morgan fingerprint density at radius 2 is 1.83 bits per heavy atom. The molecule has 114 valence electrons. The largest absolute Gasteiger partial charge is 0.383 e. The molecule has 0 saturated heterocycles. The van der Waals surface area contributed by atoms with Gasteiger partial charge < -0.3 is 16.5 Å². The molecule has 0 aliphatic heterocycles. The minimum atomic E-state index is 0.252. The Hall–Kier alpha value is -2.50. The van der Waals surface area contributed by atoms with Gasteiger partial charge in [0, 0.05) is 38.1 Å². The maximum absolute atomic E-state index is 6.36. The standard InChI is InChI=1S/C16H11Cl2N5/c17-7-1-2-8(11(18)5-7)10-6-12-13(9-3-4-21-14(9)10)15(19)23-16(20)22-12/h1-6H,19H2,(H3,20,22,23). The molecule has 0 amide bonds. The molecule has 4 aromatic rings. The van der Waals surface area contributed by atoms with Gasteiger partial charge in [0.05, 0.1) is 11.0 Å². The molecule has 2 aromatic heterocycles. The van der Waals surface area contributed by atoms with Crippen molar-refractivity contribution in [3.8, 4) is 11.1 Å². The van der Waals surface area contributed by atoms with Crippen molar-refractivity contribution in [3.05, 3.63) is 46.6 Å². The summed E-state index contributed by atoms with van der Waals surface area (Å²) < 4.78 is 0. The quantitative estimate of drug-likeness (QED) is 0.481. The number of aromatic nitrogens is 3. The number of hydrogen-bond acceptors (Lipinski definition) is 4. The monoisotopic (exact) mass is 343 g/mol. The van der Waals surface area contributed by atoms with Gasteiger partial charge in [0.15, 0.2) is 5.95 Å². The molecule has 0 fully saturated rings. The number of benzene rings is 2. The van der Waals surface area contributed by atoms with E-state index >= 15 is 0 Å². The van der Waals surface area contributed by atoms with E-state index in [-0.39, 0.29) is 5.95 Å². The first-order valence-electron chi connectivity index (χ1n) is 6.82. The molecule has 0 saturated carbocycles. The maximum Gasteiger partial charge on any atom is 0.199 e. The second kappa shape index (κ2) is 5.01. The Balaban J connectivity index is 2.16. The topological polar surface area (TPSA) is 93.6 Å². The van der Waals surface area contributed by atoms with Gasteiger partial charge in [-0.2, -0.15) is 4.98 Å². The van der Waals surface area contributed by atoms with Crippen molar-refractivity contribution >= 4 is 56.8 Å². The first kappa shape index (κ1) is 14.1. The summed E-state index contributed by atoms with van der Waals surface area (Å²) in [4.78, 5) is 11.6. The molecule has 0 radical (unpaired) electrons. The van der Waals surface area contributed by atoms with Crippen LogP contribution >= 0.6 is 23.2 Å². The van der Waals surface area contributed by atoms with E-state index in [0.717, 1.165) is 32.9 Å². The maximum atomic E-state index is 6.36. The zero-order valence-corrected chi connectivity index (χ0v) is 13.3. The highest BCUT2D eigenvalue weighted by Gasteiger charge is 2.15. The van der Waals surface area contributed by atoms with Crippen molar-refractivity contribution in [2.75, 3.05) is 11.5 Å². The van der Waals surface area contributed by atoms with Gasteiger partial charge in [-0.05, 0) is 24.3 Å². The van der Waals surface area contributed by atoms with Crippen LogP contribution in [0.4, 0.5) is 11.8 Å². The summed E-state index contributed by atoms with van der Waals surface area (Å²) in [5.41, 5.74) is 15.1. The molecule has 5 nitrogen and oxygen atoms in total. The van der Waals surface area contributed by atoms with E-state index in [4.69, 9.17) is 34.7 Å². The summed E-state index contributed by atoms with van der Waals surface area (Å²) >= 11 is 12.4. The minimum Gasteiger partial charge on any atom is -0.383 e. The van der Waals surface area contributed by atoms with Gasteiger partial charge in [-0.25, -0.2) is 0 Å². The van der Waals surface area contributed by atoms with Crippen LogP contribution in [-0.2, 0) is 0 Å². The van der Waals surface area contributed by atoms with Crippen LogP contribution < -0.4 is 11.5 Å². The summed E-state index contributed by atoms with van der Waals surface area (Å²) in [5, 5.41) is 2.82. The Labute approximate surface area is 141 Å². The third-order valence-electron chi connectivity index (χ3n) is 3.76. The highest BCUT2D eigenvalue weighted by molar-refractivity contribution is 6.37. The van der Waals surface area contributed by atoms with E-state index in [1.54, 1.807) is 18.3 Å². The number of fused-ring (bicyclic) bond motifs is 3. The van der Waals surface area contributed by atoms with Gasteiger partial charge in [-0.15, -0.1) is 0 Å². The predicted molar refractivity (Wildman–Crippen MR) is 95.7 cm³/mol. The number of nitrogens with one attached hydrogen (secondary N) is 1. The Morgan fingerprint density at radius 1 is 1.00 bits per heavy atom. The molecule has 0 atom stereocenters. The van der Waals surface area contributed by atoms with Crippen molar-refractivity contribution < 1.29 is 0 Å². The molecule has 23 heavy (non-hydrogen) atoms. The SMILES string of the molecule is Nc1nc(N)c2c(cc(-c3ccc(Cl)cc3Cl)c3nccc32)[nH]1. The lowest BCUT2D eigenvalue weighted by molar-refractivity contribution is 1.25. The van der Waals surface area contributed by atoms with E-state index in [1.165, 1.54) is 0 Å². The Kier molecular flexibility index (Phi) is 3.07. The average Bonchev–Trinajstić information content (AvgIpc) is 2.95. The minimum absolute atomic E-state index is 0.252. The first-order valence-corrected chi connectivity index (χ1v) is 7.58. The highest BCUT2D eigenvalue weighted by atomic mass is 35.5. The molecule has 0 bridgehead atoms. The van der Waals surface area contributed by atoms with Crippen molar-refractivity contribution in [1.82, 2.24) is 15.0 Å². The lowest BCUT2D eigenvalue weighted by Crippen LogP contribution is -2.01. The van der Waals surface area contributed by atoms with E-state index in [1.807, 2.05) is 18.2 Å². The van der Waals surface area contributed by atoms with Crippen LogP contribution in [-0.4, -0.2) is 15.0 Å². The number of anilines is 2. The summed E-state index contributed by atoms with van der Waals surface area (Å²) in [6.07, 6.45) is 1.73. The predicted octanol–water partition coefficient (Wildman–Crippen LogP) is 4.25. The van der Waals surface area contributed by atoms with Gasteiger partial charge in [-0.3, -0.25) is 4.98 Å². The number of rotatable bonds is 1. The van der Waals surface area contributed by atoms with Gasteiger partial charge in [0.25, 0.3) is 0 Å². The number of nitrogen functional groups attached to an aromatic ring is 2. The summed E-state index contributed by atoms with van der Waals surface area (Å²) in [6.45, 7) is 0. The number of nitrogens with zero attached hydrogens (tertiary/aromatic N) is 2. The van der Waals surface area contributed by atoms with Crippen LogP contribution in [0.5, 0.6) is 0 Å². The van der Waals surface area contributed by atoms with E-state index < -0.39 is 0 Å². The first-order chi connectivity index (χ1) is 11.0. The van der Waals surface area contributed by atoms with Crippen molar-refractivity contribution in [2.45, 2.75) is 0 Å². The zero-order valence-electron chi connectivity index (χ0n) is 11.8. The number of H-pyrrole nitrogens is 1. The fraction of sp³-hybridized carbons (Fsp3) is 0. The second-order valence-corrected chi connectivity index (χ2v) is 6.03. The summed E-state index contributed by atoms with van der Waals surface area (Å²) in [7, 11) is 0. The second-order valence-electron chi connectivity index (χ2n) is 5.19. The molecule has 2 aromatic carbocycles. The fourth-order valence-electron chi connectivity index (χ4n) is 2.82. The van der Waals surface area contributed by atoms with Crippen LogP contribution in [0.3, 0.4) is 0 Å². The number of halogens is 2. The van der Waals surface area contributed by atoms with Crippen LogP contribution in [0.2, 0.25) is 10.0 Å². The Morgan fingerprint density at radius 3 is 2.61 bits per heavy atom. The van der Waals surface area contributed by atoms with E-state index in [0.29, 0.717) is 15.9 Å². The normalized spacial score (nSPS) is 11.4. The van der Waals surface area contributed by atoms with E-state index in [9.17, 15) is 0 Å². The zero-order chi connectivity index (χ0) is 16.1. The molecule has 0 aliphatic carbocycles. The molecule has 4 rings (SSSR count). The molecular weight excluding hydrogens is 333 g/mol. The highest BCUT2D eigenvalue weighted by Crippen LogP contribution is 2.38.